The van der Waals surface area contributed by atoms with E-state index in [2.05, 4.69) is 4.74 Å². The first-order valence-corrected chi connectivity index (χ1v) is 3.67. The fourth-order valence-electron chi connectivity index (χ4n) is 0.934. The van der Waals surface area contributed by atoms with Gasteiger partial charge in [0.1, 0.15) is 6.61 Å². The molecule has 1 rings (SSSR count). The monoisotopic (exact) mass is 170 g/mol. The largest absolute Gasteiger partial charge is 0.501 e. The van der Waals surface area contributed by atoms with E-state index in [-0.39, 0.29) is 23.9 Å². The second-order valence-electron chi connectivity index (χ2n) is 2.92. The Balaban J connectivity index is 2.90. The zero-order chi connectivity index (χ0) is 9.30. The van der Waals surface area contributed by atoms with Crippen LogP contribution in [-0.4, -0.2) is 23.5 Å². The van der Waals surface area contributed by atoms with Gasteiger partial charge in [-0.3, -0.25) is 4.79 Å². The molecule has 0 aromatic heterocycles. The Morgan fingerprint density at radius 1 is 1.58 bits per heavy atom. The predicted molar refractivity (Wildman–Crippen MR) is 40.5 cm³/mol. The molecule has 1 N–H and O–H groups in total. The van der Waals surface area contributed by atoms with Crippen LogP contribution in [0.3, 0.4) is 0 Å². The molecule has 12 heavy (non-hydrogen) atoms. The maximum absolute atomic E-state index is 11.3. The van der Waals surface area contributed by atoms with Crippen molar-refractivity contribution in [2.75, 3.05) is 6.61 Å². The van der Waals surface area contributed by atoms with Crippen LogP contribution in [0, 0.1) is 5.92 Å². The number of aliphatic hydroxyl groups is 1. The van der Waals surface area contributed by atoms with Crippen molar-refractivity contribution in [3.63, 3.8) is 0 Å². The number of hydrogen-bond acceptors (Lipinski definition) is 4. The van der Waals surface area contributed by atoms with Gasteiger partial charge in [-0.2, -0.15) is 0 Å². The molecular weight excluding hydrogens is 160 g/mol. The number of carbonyl (C=O) groups is 2. The van der Waals surface area contributed by atoms with Gasteiger partial charge in [0, 0.05) is 5.92 Å². The predicted octanol–water partition coefficient (Wildman–Crippen LogP) is 0.580. The van der Waals surface area contributed by atoms with Crippen LogP contribution in [-0.2, 0) is 14.3 Å². The van der Waals surface area contributed by atoms with Crippen LogP contribution < -0.4 is 0 Å². The molecule has 0 radical (unpaired) electrons. The summed E-state index contributed by atoms with van der Waals surface area (Å²) in [6.07, 6.45) is 0. The van der Waals surface area contributed by atoms with E-state index in [4.69, 9.17) is 5.11 Å². The Bertz CT molecular complexity index is 262. The van der Waals surface area contributed by atoms with Crippen LogP contribution in [0.4, 0.5) is 0 Å². The molecule has 0 atom stereocenters. The minimum Gasteiger partial charge on any atom is -0.501 e. The first-order valence-electron chi connectivity index (χ1n) is 3.67. The summed E-state index contributed by atoms with van der Waals surface area (Å²) in [5.74, 6) is -1.80. The van der Waals surface area contributed by atoms with Crippen LogP contribution in [0.1, 0.15) is 13.8 Å². The van der Waals surface area contributed by atoms with E-state index in [1.54, 1.807) is 13.8 Å². The van der Waals surface area contributed by atoms with Gasteiger partial charge >= 0.3 is 5.97 Å². The van der Waals surface area contributed by atoms with Crippen LogP contribution in [0.2, 0.25) is 0 Å². The van der Waals surface area contributed by atoms with Crippen molar-refractivity contribution in [1.82, 2.24) is 0 Å². The number of ether oxygens (including phenoxy) is 1. The summed E-state index contributed by atoms with van der Waals surface area (Å²) >= 11 is 0. The quantitative estimate of drug-likeness (QED) is 0.616. The number of hydrogen-bond donors (Lipinski definition) is 1. The van der Waals surface area contributed by atoms with Gasteiger partial charge in [0.05, 0.1) is 5.57 Å². The van der Waals surface area contributed by atoms with Crippen molar-refractivity contribution in [2.24, 2.45) is 5.92 Å². The van der Waals surface area contributed by atoms with Gasteiger partial charge in [0.25, 0.3) is 0 Å². The minimum absolute atomic E-state index is 0.0926. The molecular formula is C8H10O4. The highest BCUT2D eigenvalue weighted by Crippen LogP contribution is 2.17. The molecule has 66 valence electrons. The first kappa shape index (κ1) is 8.77. The smallest absolute Gasteiger partial charge is 0.374 e. The molecule has 0 saturated heterocycles. The lowest BCUT2D eigenvalue weighted by molar-refractivity contribution is -0.138. The van der Waals surface area contributed by atoms with Crippen molar-refractivity contribution in [2.45, 2.75) is 13.8 Å². The summed E-state index contributed by atoms with van der Waals surface area (Å²) < 4.78 is 4.47. The Kier molecular flexibility index (Phi) is 2.17. The molecule has 0 fully saturated rings. The van der Waals surface area contributed by atoms with E-state index in [0.29, 0.717) is 0 Å². The fraction of sp³-hybridized carbons (Fsp3) is 0.500. The summed E-state index contributed by atoms with van der Waals surface area (Å²) in [4.78, 5) is 21.9. The standard InChI is InChI=1S/C8H10O4/c1-4(2)6(9)5-3-12-8(11)7(5)10/h4,10H,3H2,1-2H3. The van der Waals surface area contributed by atoms with Crippen molar-refractivity contribution >= 4 is 11.8 Å². The molecule has 1 heterocycles. The highest BCUT2D eigenvalue weighted by Gasteiger charge is 2.29. The number of aliphatic hydroxyl groups excluding tert-OH is 1. The molecule has 0 unspecified atom stereocenters. The van der Waals surface area contributed by atoms with E-state index in [9.17, 15) is 9.59 Å². The van der Waals surface area contributed by atoms with Crippen molar-refractivity contribution in [1.29, 1.82) is 0 Å². The molecule has 0 aliphatic carbocycles. The molecule has 0 aromatic carbocycles. The highest BCUT2D eigenvalue weighted by molar-refractivity contribution is 6.05. The lowest BCUT2D eigenvalue weighted by atomic mass is 10.0. The third kappa shape index (κ3) is 1.32. The van der Waals surface area contributed by atoms with E-state index >= 15 is 0 Å². The second kappa shape index (κ2) is 2.97. The molecule has 0 spiro atoms. The summed E-state index contributed by atoms with van der Waals surface area (Å²) in [5.41, 5.74) is 0.0926. The normalized spacial score (nSPS) is 17.1. The lowest BCUT2D eigenvalue weighted by Crippen LogP contribution is -2.12. The SMILES string of the molecule is CC(C)C(=O)C1=C(O)C(=O)OC1. The van der Waals surface area contributed by atoms with Crippen LogP contribution in [0.5, 0.6) is 0 Å². The Morgan fingerprint density at radius 3 is 2.50 bits per heavy atom. The molecule has 0 aromatic rings. The van der Waals surface area contributed by atoms with Crippen molar-refractivity contribution in [3.8, 4) is 0 Å². The van der Waals surface area contributed by atoms with Gasteiger partial charge in [0.2, 0.25) is 5.76 Å². The molecule has 4 nitrogen and oxygen atoms in total. The molecule has 0 saturated carbocycles. The first-order chi connectivity index (χ1) is 5.54. The molecule has 4 heteroatoms. The number of carbonyl (C=O) groups excluding carboxylic acids is 2. The average Bonchev–Trinajstić information content (AvgIpc) is 2.32. The van der Waals surface area contributed by atoms with Gasteiger partial charge in [0.15, 0.2) is 5.78 Å². The molecule has 1 aliphatic rings. The second-order valence-corrected chi connectivity index (χ2v) is 2.92. The minimum atomic E-state index is -0.806. The summed E-state index contributed by atoms with van der Waals surface area (Å²) in [6.45, 7) is 3.30. The Morgan fingerprint density at radius 2 is 2.17 bits per heavy atom. The van der Waals surface area contributed by atoms with E-state index in [0.717, 1.165) is 0 Å². The van der Waals surface area contributed by atoms with Crippen molar-refractivity contribution < 1.29 is 19.4 Å². The maximum atomic E-state index is 11.3. The molecule has 0 bridgehead atoms. The van der Waals surface area contributed by atoms with Crippen molar-refractivity contribution in [3.05, 3.63) is 11.3 Å². The zero-order valence-electron chi connectivity index (χ0n) is 6.96. The van der Waals surface area contributed by atoms with Crippen LogP contribution in [0.15, 0.2) is 11.3 Å². The van der Waals surface area contributed by atoms with Crippen LogP contribution in [0.25, 0.3) is 0 Å². The number of rotatable bonds is 2. The van der Waals surface area contributed by atoms with E-state index in [1.807, 2.05) is 0 Å². The fourth-order valence-corrected chi connectivity index (χ4v) is 0.934. The Hall–Kier alpha value is -1.32. The third-order valence-corrected chi connectivity index (χ3v) is 1.65. The maximum Gasteiger partial charge on any atom is 0.374 e. The Labute approximate surface area is 69.8 Å². The van der Waals surface area contributed by atoms with Gasteiger partial charge in [-0.15, -0.1) is 0 Å². The van der Waals surface area contributed by atoms with Crippen LogP contribution >= 0.6 is 0 Å². The summed E-state index contributed by atoms with van der Waals surface area (Å²) in [6, 6.07) is 0. The number of Topliss-reactive ketones (excluding diaryl/α,β-unsaturated/α-hetero) is 1. The highest BCUT2D eigenvalue weighted by atomic mass is 16.6. The average molecular weight is 170 g/mol. The molecule has 1 aliphatic heterocycles. The van der Waals surface area contributed by atoms with Gasteiger partial charge in [-0.05, 0) is 0 Å². The topological polar surface area (TPSA) is 63.6 Å². The van der Waals surface area contributed by atoms with Gasteiger partial charge in [-0.1, -0.05) is 13.8 Å². The third-order valence-electron chi connectivity index (χ3n) is 1.65. The van der Waals surface area contributed by atoms with Gasteiger partial charge < -0.3 is 9.84 Å². The number of ketones is 1. The number of esters is 1. The summed E-state index contributed by atoms with van der Waals surface area (Å²) in [7, 11) is 0. The van der Waals surface area contributed by atoms with E-state index in [1.165, 1.54) is 0 Å². The van der Waals surface area contributed by atoms with E-state index < -0.39 is 11.7 Å². The molecule has 0 amide bonds. The van der Waals surface area contributed by atoms with Gasteiger partial charge in [-0.25, -0.2) is 4.79 Å². The lowest BCUT2D eigenvalue weighted by Gasteiger charge is -2.01. The zero-order valence-corrected chi connectivity index (χ0v) is 6.96. The summed E-state index contributed by atoms with van der Waals surface area (Å²) in [5, 5.41) is 9.06. The number of cyclic esters (lactones) is 1.